The molecule has 0 saturated heterocycles. The number of benzene rings is 1. The van der Waals surface area contributed by atoms with Gasteiger partial charge in [0.25, 0.3) is 5.56 Å². The Morgan fingerprint density at radius 2 is 2.05 bits per heavy atom. The number of aliphatic carboxylic acids is 1. The van der Waals surface area contributed by atoms with Crippen LogP contribution >= 0.6 is 11.8 Å². The first kappa shape index (κ1) is 12.9. The Bertz CT molecular complexity index is 727. The molecule has 102 valence electrons. The lowest BCUT2D eigenvalue weighted by Gasteiger charge is -2.07. The van der Waals surface area contributed by atoms with Gasteiger partial charge < -0.3 is 10.1 Å². The van der Waals surface area contributed by atoms with Crippen LogP contribution in [0.3, 0.4) is 0 Å². The minimum Gasteiger partial charge on any atom is -0.480 e. The van der Waals surface area contributed by atoms with E-state index >= 15 is 0 Å². The zero-order valence-electron chi connectivity index (χ0n) is 10.7. The van der Waals surface area contributed by atoms with E-state index in [0.717, 1.165) is 17.3 Å². The van der Waals surface area contributed by atoms with Crippen molar-refractivity contribution in [2.24, 2.45) is 0 Å². The number of hydrogen-bond acceptors (Lipinski definition) is 4. The van der Waals surface area contributed by atoms with Crippen LogP contribution in [0, 0.1) is 0 Å². The third kappa shape index (κ3) is 2.02. The maximum atomic E-state index is 12.2. The highest BCUT2D eigenvalue weighted by Crippen LogP contribution is 2.42. The fourth-order valence-corrected chi connectivity index (χ4v) is 3.55. The monoisotopic (exact) mass is 288 g/mol. The Kier molecular flexibility index (Phi) is 3.10. The third-order valence-corrected chi connectivity index (χ3v) is 4.76. The van der Waals surface area contributed by atoms with Crippen molar-refractivity contribution in [3.63, 3.8) is 0 Å². The largest absolute Gasteiger partial charge is 0.480 e. The van der Waals surface area contributed by atoms with Gasteiger partial charge in [0, 0.05) is 11.5 Å². The molecule has 2 unspecified atom stereocenters. The van der Waals surface area contributed by atoms with Crippen molar-refractivity contribution in [2.75, 3.05) is 0 Å². The number of nitrogens with one attached hydrogen (secondary N) is 1. The Morgan fingerprint density at radius 3 is 2.70 bits per heavy atom. The number of rotatable bonds is 2. The van der Waals surface area contributed by atoms with Crippen LogP contribution in [-0.4, -0.2) is 26.3 Å². The van der Waals surface area contributed by atoms with Crippen LogP contribution in [-0.2, 0) is 4.79 Å². The quantitative estimate of drug-likeness (QED) is 0.827. The molecule has 0 saturated carbocycles. The summed E-state index contributed by atoms with van der Waals surface area (Å²) in [6.07, 6.45) is 0. The lowest BCUT2D eigenvalue weighted by Crippen LogP contribution is -2.23. The van der Waals surface area contributed by atoms with Crippen molar-refractivity contribution in [3.05, 3.63) is 46.2 Å². The normalized spacial score (nSPS) is 20.6. The van der Waals surface area contributed by atoms with Crippen LogP contribution in [0.2, 0.25) is 0 Å². The number of H-pyrrole nitrogens is 1. The highest BCUT2D eigenvalue weighted by molar-refractivity contribution is 8.00. The fraction of sp³-hybridized carbons (Fsp3) is 0.214. The van der Waals surface area contributed by atoms with Crippen LogP contribution in [0.5, 0.6) is 0 Å². The molecule has 0 aliphatic carbocycles. The van der Waals surface area contributed by atoms with Gasteiger partial charge in [-0.25, -0.2) is 4.98 Å². The molecule has 0 radical (unpaired) electrons. The van der Waals surface area contributed by atoms with E-state index in [1.54, 1.807) is 6.92 Å². The molecule has 1 aromatic heterocycles. The molecule has 0 spiro atoms. The van der Waals surface area contributed by atoms with E-state index in [4.69, 9.17) is 0 Å². The first-order valence-electron chi connectivity index (χ1n) is 6.17. The molecule has 1 aliphatic rings. The van der Waals surface area contributed by atoms with E-state index in [1.807, 2.05) is 30.3 Å². The third-order valence-electron chi connectivity index (χ3n) is 3.36. The lowest BCUT2D eigenvalue weighted by molar-refractivity contribution is -0.136. The van der Waals surface area contributed by atoms with Crippen molar-refractivity contribution in [3.8, 4) is 11.4 Å². The molecule has 2 aromatic rings. The second-order valence-corrected chi connectivity index (χ2v) is 5.80. The fourth-order valence-electron chi connectivity index (χ4n) is 2.32. The number of carboxylic acid groups (broad SMARTS) is 1. The van der Waals surface area contributed by atoms with E-state index in [0.29, 0.717) is 16.4 Å². The molecule has 2 heterocycles. The minimum atomic E-state index is -0.916. The van der Waals surface area contributed by atoms with E-state index in [2.05, 4.69) is 9.97 Å². The molecule has 0 fully saturated rings. The van der Waals surface area contributed by atoms with Gasteiger partial charge in [-0.05, 0) is 0 Å². The van der Waals surface area contributed by atoms with Crippen LogP contribution in [0.25, 0.3) is 11.4 Å². The Balaban J connectivity index is 2.11. The van der Waals surface area contributed by atoms with E-state index in [9.17, 15) is 14.7 Å². The summed E-state index contributed by atoms with van der Waals surface area (Å²) in [4.78, 5) is 30.5. The smallest absolute Gasteiger partial charge is 0.317 e. The summed E-state index contributed by atoms with van der Waals surface area (Å²) in [6, 6.07) is 9.30. The SMILES string of the molecule is CC1c2c(nc(-c3ccccc3)[nH]c2=O)SC1C(=O)O. The van der Waals surface area contributed by atoms with Gasteiger partial charge in [-0.1, -0.05) is 49.0 Å². The first-order valence-corrected chi connectivity index (χ1v) is 7.05. The summed E-state index contributed by atoms with van der Waals surface area (Å²) in [7, 11) is 0. The molecular weight excluding hydrogens is 276 g/mol. The summed E-state index contributed by atoms with van der Waals surface area (Å²) in [5.41, 5.74) is 1.03. The van der Waals surface area contributed by atoms with Gasteiger partial charge in [-0.2, -0.15) is 0 Å². The predicted molar refractivity (Wildman–Crippen MR) is 76.0 cm³/mol. The first-order chi connectivity index (χ1) is 9.58. The van der Waals surface area contributed by atoms with Crippen molar-refractivity contribution >= 4 is 17.7 Å². The number of carboxylic acids is 1. The second-order valence-electron chi connectivity index (χ2n) is 4.66. The van der Waals surface area contributed by atoms with Gasteiger partial charge in [0.1, 0.15) is 16.1 Å². The van der Waals surface area contributed by atoms with Gasteiger partial charge in [-0.15, -0.1) is 0 Å². The predicted octanol–water partition coefficient (Wildman–Crippen LogP) is 2.10. The summed E-state index contributed by atoms with van der Waals surface area (Å²) >= 11 is 1.14. The van der Waals surface area contributed by atoms with Crippen molar-refractivity contribution in [2.45, 2.75) is 23.1 Å². The second kappa shape index (κ2) is 4.79. The van der Waals surface area contributed by atoms with Crippen LogP contribution in [0.4, 0.5) is 0 Å². The van der Waals surface area contributed by atoms with Gasteiger partial charge in [0.15, 0.2) is 0 Å². The molecule has 5 nitrogen and oxygen atoms in total. The standard InChI is InChI=1S/C14H12N2O3S/c1-7-9-12(17)15-11(8-5-3-2-4-6-8)16-13(9)20-10(7)14(18)19/h2-7,10H,1H3,(H,18,19)(H,15,16,17). The molecule has 6 heteroatoms. The number of nitrogens with zero attached hydrogens (tertiary/aromatic N) is 1. The maximum Gasteiger partial charge on any atom is 0.317 e. The van der Waals surface area contributed by atoms with Gasteiger partial charge >= 0.3 is 5.97 Å². The average Bonchev–Trinajstić information content (AvgIpc) is 2.77. The highest BCUT2D eigenvalue weighted by atomic mass is 32.2. The Labute approximate surface area is 119 Å². The lowest BCUT2D eigenvalue weighted by atomic mass is 10.0. The Morgan fingerprint density at radius 1 is 1.35 bits per heavy atom. The average molecular weight is 288 g/mol. The van der Waals surface area contributed by atoms with Crippen molar-refractivity contribution in [1.29, 1.82) is 0 Å². The summed E-state index contributed by atoms with van der Waals surface area (Å²) < 4.78 is 0. The number of fused-ring (bicyclic) bond motifs is 1. The summed E-state index contributed by atoms with van der Waals surface area (Å²) in [5.74, 6) is -0.783. The van der Waals surface area contributed by atoms with Crippen molar-refractivity contribution < 1.29 is 9.90 Å². The minimum absolute atomic E-state index is 0.252. The highest BCUT2D eigenvalue weighted by Gasteiger charge is 2.38. The number of aromatic nitrogens is 2. The van der Waals surface area contributed by atoms with E-state index in [1.165, 1.54) is 0 Å². The van der Waals surface area contributed by atoms with Gasteiger partial charge in [0.05, 0.1) is 5.56 Å². The van der Waals surface area contributed by atoms with Crippen molar-refractivity contribution in [1.82, 2.24) is 9.97 Å². The molecule has 20 heavy (non-hydrogen) atoms. The molecule has 2 atom stereocenters. The van der Waals surface area contributed by atoms with Crippen LogP contribution in [0.1, 0.15) is 18.4 Å². The summed E-state index contributed by atoms with van der Waals surface area (Å²) in [6.45, 7) is 1.75. The number of thioether (sulfide) groups is 1. The maximum absolute atomic E-state index is 12.2. The molecule has 1 aliphatic heterocycles. The van der Waals surface area contributed by atoms with Crippen LogP contribution in [0.15, 0.2) is 40.2 Å². The molecule has 0 amide bonds. The van der Waals surface area contributed by atoms with E-state index < -0.39 is 11.2 Å². The molecule has 0 bridgehead atoms. The van der Waals surface area contributed by atoms with Gasteiger partial charge in [0.2, 0.25) is 0 Å². The number of hydrogen-bond donors (Lipinski definition) is 2. The van der Waals surface area contributed by atoms with Crippen LogP contribution < -0.4 is 5.56 Å². The molecular formula is C14H12N2O3S. The number of carbonyl (C=O) groups is 1. The Hall–Kier alpha value is -2.08. The number of aromatic amines is 1. The van der Waals surface area contributed by atoms with E-state index in [-0.39, 0.29) is 11.5 Å². The molecule has 3 rings (SSSR count). The zero-order valence-corrected chi connectivity index (χ0v) is 11.5. The van der Waals surface area contributed by atoms with Gasteiger partial charge in [-0.3, -0.25) is 9.59 Å². The summed E-state index contributed by atoms with van der Waals surface area (Å²) in [5, 5.41) is 9.04. The molecule has 2 N–H and O–H groups in total. The molecule has 1 aromatic carbocycles. The zero-order chi connectivity index (χ0) is 14.3. The topological polar surface area (TPSA) is 83.0 Å².